The zero-order valence-corrected chi connectivity index (χ0v) is 13.9. The first kappa shape index (κ1) is 17.0. The van der Waals surface area contributed by atoms with Gasteiger partial charge < -0.3 is 10.2 Å². The highest BCUT2D eigenvalue weighted by molar-refractivity contribution is 6.30. The molecular weight excluding hydrogens is 312 g/mol. The van der Waals surface area contributed by atoms with E-state index >= 15 is 0 Å². The monoisotopic (exact) mass is 330 g/mol. The molecule has 0 fully saturated rings. The Morgan fingerprint density at radius 3 is 2.43 bits per heavy atom. The van der Waals surface area contributed by atoms with Gasteiger partial charge in [-0.2, -0.15) is 0 Å². The lowest BCUT2D eigenvalue weighted by Gasteiger charge is -2.17. The van der Waals surface area contributed by atoms with Gasteiger partial charge in [-0.3, -0.25) is 9.59 Å². The predicted octanol–water partition coefficient (Wildman–Crippen LogP) is 3.61. The van der Waals surface area contributed by atoms with Crippen molar-refractivity contribution in [2.75, 3.05) is 18.9 Å². The van der Waals surface area contributed by atoms with Crippen LogP contribution >= 0.6 is 11.6 Å². The molecule has 0 spiro atoms. The van der Waals surface area contributed by atoms with E-state index in [1.165, 1.54) is 10.5 Å². The van der Waals surface area contributed by atoms with Crippen LogP contribution in [0, 0.1) is 0 Å². The molecule has 0 heterocycles. The van der Waals surface area contributed by atoms with Crippen molar-refractivity contribution in [3.8, 4) is 0 Å². The van der Waals surface area contributed by atoms with Crippen LogP contribution in [0.1, 0.15) is 22.8 Å². The van der Waals surface area contributed by atoms with Gasteiger partial charge in [0, 0.05) is 23.3 Å². The fourth-order valence-electron chi connectivity index (χ4n) is 2.16. The summed E-state index contributed by atoms with van der Waals surface area (Å²) in [5.74, 6) is -0.456. The summed E-state index contributed by atoms with van der Waals surface area (Å²) < 4.78 is 0. The molecule has 2 aromatic carbocycles. The van der Waals surface area contributed by atoms with Crippen molar-refractivity contribution >= 4 is 29.1 Å². The zero-order chi connectivity index (χ0) is 16.8. The summed E-state index contributed by atoms with van der Waals surface area (Å²) in [5, 5.41) is 3.27. The highest BCUT2D eigenvalue weighted by Gasteiger charge is 2.15. The lowest BCUT2D eigenvalue weighted by Crippen LogP contribution is -2.34. The van der Waals surface area contributed by atoms with Crippen LogP contribution in [0.4, 0.5) is 5.69 Å². The second-order valence-corrected chi connectivity index (χ2v) is 5.71. The van der Waals surface area contributed by atoms with Crippen LogP contribution in [0.3, 0.4) is 0 Å². The van der Waals surface area contributed by atoms with E-state index in [0.717, 1.165) is 6.42 Å². The van der Waals surface area contributed by atoms with Gasteiger partial charge in [-0.05, 0) is 42.3 Å². The second-order valence-electron chi connectivity index (χ2n) is 5.27. The van der Waals surface area contributed by atoms with Gasteiger partial charge in [0.1, 0.15) is 0 Å². The van der Waals surface area contributed by atoms with Crippen LogP contribution in [-0.4, -0.2) is 30.3 Å². The molecule has 1 N–H and O–H groups in total. The molecule has 5 heteroatoms. The largest absolute Gasteiger partial charge is 0.332 e. The van der Waals surface area contributed by atoms with Crippen molar-refractivity contribution in [3.63, 3.8) is 0 Å². The van der Waals surface area contributed by atoms with Gasteiger partial charge in [0.25, 0.3) is 5.91 Å². The van der Waals surface area contributed by atoms with Crippen LogP contribution < -0.4 is 5.32 Å². The number of amides is 2. The quantitative estimate of drug-likeness (QED) is 0.910. The number of nitrogens with one attached hydrogen (secondary N) is 1. The zero-order valence-electron chi connectivity index (χ0n) is 13.2. The third-order valence-electron chi connectivity index (χ3n) is 3.44. The third-order valence-corrected chi connectivity index (χ3v) is 3.68. The predicted molar refractivity (Wildman–Crippen MR) is 92.9 cm³/mol. The summed E-state index contributed by atoms with van der Waals surface area (Å²) in [6.07, 6.45) is 0.923. The van der Waals surface area contributed by atoms with Crippen LogP contribution in [0.15, 0.2) is 48.5 Å². The first-order valence-corrected chi connectivity index (χ1v) is 7.77. The van der Waals surface area contributed by atoms with Gasteiger partial charge in [-0.15, -0.1) is 0 Å². The number of likely N-dealkylation sites (N-methyl/N-ethyl adjacent to an activating group) is 1. The first-order chi connectivity index (χ1) is 11.0. The van der Waals surface area contributed by atoms with Gasteiger partial charge in [-0.25, -0.2) is 0 Å². The summed E-state index contributed by atoms with van der Waals surface area (Å²) in [7, 11) is 1.60. The van der Waals surface area contributed by atoms with Crippen molar-refractivity contribution < 1.29 is 9.59 Å². The fraction of sp³-hybridized carbons (Fsp3) is 0.222. The average Bonchev–Trinajstić information content (AvgIpc) is 2.54. The van der Waals surface area contributed by atoms with Gasteiger partial charge in [-0.1, -0.05) is 36.7 Å². The summed E-state index contributed by atoms with van der Waals surface area (Å²) in [4.78, 5) is 25.7. The van der Waals surface area contributed by atoms with E-state index in [1.54, 1.807) is 43.4 Å². The summed E-state index contributed by atoms with van der Waals surface area (Å²) >= 11 is 5.87. The highest BCUT2D eigenvalue weighted by Crippen LogP contribution is 2.15. The molecule has 0 saturated carbocycles. The number of nitrogens with zero attached hydrogens (tertiary/aromatic N) is 1. The number of carbonyl (C=O) groups is 2. The Labute approximate surface area is 141 Å². The molecule has 23 heavy (non-hydrogen) atoms. The standard InChI is InChI=1S/C18H19ClN2O2/c1-3-13-7-9-14(10-8-13)18(23)21(2)12-17(22)20-16-6-4-5-15(19)11-16/h4-11H,3,12H2,1-2H3,(H,20,22). The maximum Gasteiger partial charge on any atom is 0.254 e. The Morgan fingerprint density at radius 1 is 1.13 bits per heavy atom. The van der Waals surface area contributed by atoms with E-state index in [9.17, 15) is 9.59 Å². The number of carbonyl (C=O) groups excluding carboxylic acids is 2. The molecule has 0 saturated heterocycles. The van der Waals surface area contributed by atoms with Crippen molar-refractivity contribution in [2.45, 2.75) is 13.3 Å². The van der Waals surface area contributed by atoms with Gasteiger partial charge in [0.15, 0.2) is 0 Å². The Hall–Kier alpha value is -2.33. The lowest BCUT2D eigenvalue weighted by atomic mass is 10.1. The van der Waals surface area contributed by atoms with E-state index in [1.807, 2.05) is 12.1 Å². The van der Waals surface area contributed by atoms with Gasteiger partial charge in [0.05, 0.1) is 6.54 Å². The van der Waals surface area contributed by atoms with E-state index < -0.39 is 0 Å². The molecule has 0 aromatic heterocycles. The summed E-state index contributed by atoms with van der Waals surface area (Å²) in [5.41, 5.74) is 2.35. The minimum atomic E-state index is -0.270. The molecule has 2 amide bonds. The first-order valence-electron chi connectivity index (χ1n) is 7.39. The Morgan fingerprint density at radius 2 is 1.83 bits per heavy atom. The topological polar surface area (TPSA) is 49.4 Å². The third kappa shape index (κ3) is 4.83. The molecule has 0 bridgehead atoms. The van der Waals surface area contributed by atoms with Crippen LogP contribution in [-0.2, 0) is 11.2 Å². The molecule has 0 unspecified atom stereocenters. The van der Waals surface area contributed by atoms with Crippen molar-refractivity contribution in [1.29, 1.82) is 0 Å². The molecule has 120 valence electrons. The number of hydrogen-bond acceptors (Lipinski definition) is 2. The van der Waals surface area contributed by atoms with E-state index in [2.05, 4.69) is 12.2 Å². The van der Waals surface area contributed by atoms with Crippen molar-refractivity contribution in [2.24, 2.45) is 0 Å². The SMILES string of the molecule is CCc1ccc(C(=O)N(C)CC(=O)Nc2cccc(Cl)c2)cc1. The number of anilines is 1. The van der Waals surface area contributed by atoms with Crippen molar-refractivity contribution in [1.82, 2.24) is 4.90 Å². The molecule has 0 aliphatic heterocycles. The lowest BCUT2D eigenvalue weighted by molar-refractivity contribution is -0.116. The van der Waals surface area contributed by atoms with E-state index in [4.69, 9.17) is 11.6 Å². The van der Waals surface area contributed by atoms with E-state index in [-0.39, 0.29) is 18.4 Å². The molecule has 0 aliphatic rings. The highest BCUT2D eigenvalue weighted by atomic mass is 35.5. The van der Waals surface area contributed by atoms with Crippen LogP contribution in [0.25, 0.3) is 0 Å². The van der Waals surface area contributed by atoms with Crippen LogP contribution in [0.2, 0.25) is 5.02 Å². The maximum atomic E-state index is 12.3. The van der Waals surface area contributed by atoms with Crippen molar-refractivity contribution in [3.05, 3.63) is 64.7 Å². The fourth-order valence-corrected chi connectivity index (χ4v) is 2.35. The number of halogens is 1. The van der Waals surface area contributed by atoms with E-state index in [0.29, 0.717) is 16.3 Å². The molecule has 0 atom stereocenters. The Balaban J connectivity index is 1.95. The van der Waals surface area contributed by atoms with Gasteiger partial charge >= 0.3 is 0 Å². The minimum Gasteiger partial charge on any atom is -0.332 e. The number of hydrogen-bond donors (Lipinski definition) is 1. The smallest absolute Gasteiger partial charge is 0.254 e. The number of rotatable bonds is 5. The molecule has 2 rings (SSSR count). The minimum absolute atomic E-state index is 0.0269. The molecule has 0 radical (unpaired) electrons. The molecule has 0 aliphatic carbocycles. The maximum absolute atomic E-state index is 12.3. The average molecular weight is 331 g/mol. The number of benzene rings is 2. The normalized spacial score (nSPS) is 10.2. The Kier molecular flexibility index (Phi) is 5.77. The second kappa shape index (κ2) is 7.79. The molecular formula is C18H19ClN2O2. The summed E-state index contributed by atoms with van der Waals surface area (Å²) in [6.45, 7) is 2.03. The number of aryl methyl sites for hydroxylation is 1. The van der Waals surface area contributed by atoms with Crippen LogP contribution in [0.5, 0.6) is 0 Å². The molecule has 2 aromatic rings. The van der Waals surface area contributed by atoms with Gasteiger partial charge in [0.2, 0.25) is 5.91 Å². The summed E-state index contributed by atoms with van der Waals surface area (Å²) in [6, 6.07) is 14.3. The molecule has 4 nitrogen and oxygen atoms in total. The Bertz CT molecular complexity index is 698.